The van der Waals surface area contributed by atoms with Crippen LogP contribution in [0.5, 0.6) is 5.75 Å². The van der Waals surface area contributed by atoms with Crippen LogP contribution in [0.4, 0.5) is 0 Å². The van der Waals surface area contributed by atoms with E-state index in [9.17, 15) is 0 Å². The molecule has 0 aliphatic heterocycles. The monoisotopic (exact) mass is 304 g/mol. The van der Waals surface area contributed by atoms with Crippen molar-refractivity contribution >= 4 is 22.6 Å². The van der Waals surface area contributed by atoms with Crippen molar-refractivity contribution in [2.45, 2.75) is 33.6 Å². The first-order valence-corrected chi connectivity index (χ1v) is 6.07. The quantitative estimate of drug-likeness (QED) is 0.763. The minimum atomic E-state index is 0.559. The lowest BCUT2D eigenvalue weighted by molar-refractivity contribution is 0.337. The van der Waals surface area contributed by atoms with Gasteiger partial charge in [-0.1, -0.05) is 13.8 Å². The Morgan fingerprint density at radius 3 is 2.50 bits per heavy atom. The molecule has 1 rings (SSSR count). The summed E-state index contributed by atoms with van der Waals surface area (Å²) >= 11 is 2.37. The molecular weight excluding hydrogens is 287 g/mol. The molecule has 14 heavy (non-hydrogen) atoms. The molecule has 0 N–H and O–H groups in total. The Bertz CT molecular complexity index is 318. The molecule has 0 amide bonds. The van der Waals surface area contributed by atoms with Crippen LogP contribution in [0.25, 0.3) is 0 Å². The molecule has 2 heteroatoms. The fourth-order valence-corrected chi connectivity index (χ4v) is 1.94. The van der Waals surface area contributed by atoms with Gasteiger partial charge in [0.25, 0.3) is 0 Å². The lowest BCUT2D eigenvalue weighted by atomic mass is 10.0. The zero-order valence-corrected chi connectivity index (χ0v) is 11.4. The number of hydrogen-bond acceptors (Lipinski definition) is 1. The van der Waals surface area contributed by atoms with Gasteiger partial charge in [0.2, 0.25) is 0 Å². The average molecular weight is 304 g/mol. The predicted octanol–water partition coefficient (Wildman–Crippen LogP) is 4.12. The van der Waals surface area contributed by atoms with Gasteiger partial charge in [0.1, 0.15) is 5.75 Å². The second-order valence-corrected chi connectivity index (χ2v) is 4.88. The van der Waals surface area contributed by atoms with E-state index in [-0.39, 0.29) is 0 Å². The Morgan fingerprint density at radius 1 is 1.36 bits per heavy atom. The predicted molar refractivity (Wildman–Crippen MR) is 69.2 cm³/mol. The largest absolute Gasteiger partial charge is 0.494 e. The van der Waals surface area contributed by atoms with Crippen molar-refractivity contribution in [2.75, 3.05) is 6.61 Å². The Balaban J connectivity index is 3.14. The summed E-state index contributed by atoms with van der Waals surface area (Å²) in [7, 11) is 0. The first-order valence-electron chi connectivity index (χ1n) is 4.99. The molecule has 1 aromatic carbocycles. The van der Waals surface area contributed by atoms with Gasteiger partial charge in [-0.3, -0.25) is 0 Å². The molecular formula is C12H17IO. The number of ether oxygens (including phenoxy) is 1. The second kappa shape index (κ2) is 5.01. The second-order valence-electron chi connectivity index (χ2n) is 3.71. The molecule has 78 valence electrons. The van der Waals surface area contributed by atoms with E-state index in [0.29, 0.717) is 5.92 Å². The minimum Gasteiger partial charge on any atom is -0.494 e. The molecule has 0 aliphatic carbocycles. The zero-order chi connectivity index (χ0) is 10.7. The van der Waals surface area contributed by atoms with Crippen molar-refractivity contribution in [1.82, 2.24) is 0 Å². The van der Waals surface area contributed by atoms with Crippen molar-refractivity contribution in [1.29, 1.82) is 0 Å². The third-order valence-corrected chi connectivity index (χ3v) is 3.41. The van der Waals surface area contributed by atoms with Gasteiger partial charge in [-0.25, -0.2) is 0 Å². The minimum absolute atomic E-state index is 0.559. The van der Waals surface area contributed by atoms with Gasteiger partial charge in [-0.05, 0) is 60.1 Å². The summed E-state index contributed by atoms with van der Waals surface area (Å²) in [6.07, 6.45) is 0. The Hall–Kier alpha value is -0.250. The lowest BCUT2D eigenvalue weighted by Gasteiger charge is -2.13. The molecule has 1 nitrogen and oxygen atoms in total. The highest BCUT2D eigenvalue weighted by molar-refractivity contribution is 14.1. The van der Waals surface area contributed by atoms with Gasteiger partial charge in [-0.2, -0.15) is 0 Å². The van der Waals surface area contributed by atoms with Gasteiger partial charge >= 0.3 is 0 Å². The molecule has 0 fully saturated rings. The third-order valence-electron chi connectivity index (χ3n) is 2.29. The Morgan fingerprint density at radius 2 is 2.00 bits per heavy atom. The summed E-state index contributed by atoms with van der Waals surface area (Å²) in [4.78, 5) is 0. The summed E-state index contributed by atoms with van der Waals surface area (Å²) in [6.45, 7) is 9.27. The van der Waals surface area contributed by atoms with E-state index < -0.39 is 0 Å². The van der Waals surface area contributed by atoms with Crippen LogP contribution >= 0.6 is 22.6 Å². The SMILES string of the molecule is CCOc1cc(C(C)C)cc(I)c1C. The molecule has 1 aromatic rings. The van der Waals surface area contributed by atoms with E-state index in [0.717, 1.165) is 12.4 Å². The number of hydrogen-bond donors (Lipinski definition) is 0. The van der Waals surface area contributed by atoms with Gasteiger partial charge in [-0.15, -0.1) is 0 Å². The highest BCUT2D eigenvalue weighted by atomic mass is 127. The van der Waals surface area contributed by atoms with Crippen molar-refractivity contribution < 1.29 is 4.74 Å². The zero-order valence-electron chi connectivity index (χ0n) is 9.23. The van der Waals surface area contributed by atoms with Crippen LogP contribution in [0.3, 0.4) is 0 Å². The number of halogens is 1. The van der Waals surface area contributed by atoms with E-state index in [4.69, 9.17) is 4.74 Å². The van der Waals surface area contributed by atoms with Crippen molar-refractivity contribution in [3.8, 4) is 5.75 Å². The standard InChI is InChI=1S/C12H17IO/c1-5-14-12-7-10(8(2)3)6-11(13)9(12)4/h6-8H,5H2,1-4H3. The molecule has 0 atom stereocenters. The van der Waals surface area contributed by atoms with Gasteiger partial charge in [0, 0.05) is 9.13 Å². The van der Waals surface area contributed by atoms with Gasteiger partial charge in [0.05, 0.1) is 6.61 Å². The topological polar surface area (TPSA) is 9.23 Å². The van der Waals surface area contributed by atoms with Gasteiger partial charge < -0.3 is 4.74 Å². The normalized spacial score (nSPS) is 10.7. The fraction of sp³-hybridized carbons (Fsp3) is 0.500. The molecule has 0 bridgehead atoms. The van der Waals surface area contributed by atoms with E-state index in [1.54, 1.807) is 0 Å². The molecule has 0 saturated carbocycles. The van der Waals surface area contributed by atoms with Crippen molar-refractivity contribution in [2.24, 2.45) is 0 Å². The number of benzene rings is 1. The van der Waals surface area contributed by atoms with Crippen LogP contribution in [-0.2, 0) is 0 Å². The smallest absolute Gasteiger partial charge is 0.123 e. The lowest BCUT2D eigenvalue weighted by Crippen LogP contribution is -1.98. The van der Waals surface area contributed by atoms with Crippen LogP contribution in [0.15, 0.2) is 12.1 Å². The summed E-state index contributed by atoms with van der Waals surface area (Å²) < 4.78 is 6.89. The van der Waals surface area contributed by atoms with Gasteiger partial charge in [0.15, 0.2) is 0 Å². The van der Waals surface area contributed by atoms with Crippen molar-refractivity contribution in [3.63, 3.8) is 0 Å². The fourth-order valence-electron chi connectivity index (χ4n) is 1.31. The molecule has 0 radical (unpaired) electrons. The number of rotatable bonds is 3. The molecule has 0 aromatic heterocycles. The highest BCUT2D eigenvalue weighted by Gasteiger charge is 2.08. The van der Waals surface area contributed by atoms with Crippen molar-refractivity contribution in [3.05, 3.63) is 26.8 Å². The molecule has 0 unspecified atom stereocenters. The van der Waals surface area contributed by atoms with Crippen LogP contribution in [0, 0.1) is 10.5 Å². The first-order chi connectivity index (χ1) is 6.56. The average Bonchev–Trinajstić information content (AvgIpc) is 2.12. The van der Waals surface area contributed by atoms with Crippen LogP contribution in [0.2, 0.25) is 0 Å². The summed E-state index contributed by atoms with van der Waals surface area (Å²) in [5, 5.41) is 0. The Labute approximate surface area is 100.0 Å². The molecule has 0 heterocycles. The summed E-state index contributed by atoms with van der Waals surface area (Å²) in [5.41, 5.74) is 2.60. The third kappa shape index (κ3) is 2.62. The van der Waals surface area contributed by atoms with Crippen LogP contribution in [-0.4, -0.2) is 6.61 Å². The van der Waals surface area contributed by atoms with Crippen LogP contribution < -0.4 is 4.74 Å². The summed E-state index contributed by atoms with van der Waals surface area (Å²) in [6, 6.07) is 4.40. The maximum Gasteiger partial charge on any atom is 0.123 e. The molecule has 0 aliphatic rings. The van der Waals surface area contributed by atoms with E-state index >= 15 is 0 Å². The highest BCUT2D eigenvalue weighted by Crippen LogP contribution is 2.28. The molecule has 0 spiro atoms. The first kappa shape index (κ1) is 11.8. The van der Waals surface area contributed by atoms with E-state index in [1.807, 2.05) is 6.92 Å². The molecule has 0 saturated heterocycles. The maximum absolute atomic E-state index is 5.60. The summed E-state index contributed by atoms with van der Waals surface area (Å²) in [5.74, 6) is 1.59. The van der Waals surface area contributed by atoms with Crippen LogP contribution in [0.1, 0.15) is 37.8 Å². The maximum atomic E-state index is 5.60. The van der Waals surface area contributed by atoms with E-state index in [1.165, 1.54) is 14.7 Å². The van der Waals surface area contributed by atoms with E-state index in [2.05, 4.69) is 55.5 Å². The Kier molecular flexibility index (Phi) is 4.23.